The van der Waals surface area contributed by atoms with Crippen LogP contribution in [0, 0.1) is 10.1 Å². The van der Waals surface area contributed by atoms with E-state index in [1.54, 1.807) is 37.4 Å². The number of carbonyl (C=O) groups excluding carboxylic acids is 1. The Morgan fingerprint density at radius 3 is 2.41 bits per heavy atom. The number of anilines is 2. The van der Waals surface area contributed by atoms with Gasteiger partial charge in [-0.15, -0.1) is 0 Å². The lowest BCUT2D eigenvalue weighted by atomic mass is 10.2. The first-order valence-corrected chi connectivity index (χ1v) is 9.64. The molecular weight excluding hydrogens is 396 g/mol. The molecule has 1 aliphatic heterocycles. The molecule has 0 saturated carbocycles. The molecule has 1 N–H and O–H groups in total. The fourth-order valence-electron chi connectivity index (χ4n) is 3.33. The Balaban J connectivity index is 1.58. The van der Waals surface area contributed by atoms with Gasteiger partial charge in [-0.3, -0.25) is 19.8 Å². The number of halogens is 1. The predicted octanol–water partition coefficient (Wildman–Crippen LogP) is 3.41. The van der Waals surface area contributed by atoms with Gasteiger partial charge in [-0.1, -0.05) is 11.6 Å². The second-order valence-electron chi connectivity index (χ2n) is 6.81. The van der Waals surface area contributed by atoms with Gasteiger partial charge in [0.1, 0.15) is 5.75 Å². The van der Waals surface area contributed by atoms with Crippen molar-refractivity contribution < 1.29 is 14.5 Å². The maximum Gasteiger partial charge on any atom is 0.269 e. The van der Waals surface area contributed by atoms with Crippen LogP contribution in [-0.2, 0) is 4.79 Å². The van der Waals surface area contributed by atoms with E-state index in [0.29, 0.717) is 29.5 Å². The number of benzene rings is 2. The number of rotatable bonds is 6. The number of amides is 1. The summed E-state index contributed by atoms with van der Waals surface area (Å²) >= 11 is 6.03. The number of nitro benzene ring substituents is 1. The van der Waals surface area contributed by atoms with Gasteiger partial charge in [-0.2, -0.15) is 0 Å². The number of ether oxygens (including phenoxy) is 1. The maximum absolute atomic E-state index is 12.7. The Morgan fingerprint density at radius 2 is 1.83 bits per heavy atom. The number of non-ortho nitro benzene ring substituents is 1. The van der Waals surface area contributed by atoms with Gasteiger partial charge in [-0.05, 0) is 37.3 Å². The van der Waals surface area contributed by atoms with Crippen LogP contribution in [0.25, 0.3) is 0 Å². The zero-order valence-corrected chi connectivity index (χ0v) is 17.1. The van der Waals surface area contributed by atoms with E-state index in [1.807, 2.05) is 6.92 Å². The van der Waals surface area contributed by atoms with Gasteiger partial charge >= 0.3 is 0 Å². The minimum atomic E-state index is -0.406. The van der Waals surface area contributed by atoms with Crippen molar-refractivity contribution in [1.82, 2.24) is 4.90 Å². The first kappa shape index (κ1) is 20.9. The van der Waals surface area contributed by atoms with E-state index in [1.165, 1.54) is 12.1 Å². The Bertz CT molecular complexity index is 883. The van der Waals surface area contributed by atoms with Crippen molar-refractivity contribution in [2.45, 2.75) is 13.0 Å². The summed E-state index contributed by atoms with van der Waals surface area (Å²) in [5.74, 6) is 0.423. The van der Waals surface area contributed by atoms with Gasteiger partial charge in [-0.25, -0.2) is 0 Å². The lowest BCUT2D eigenvalue weighted by Crippen LogP contribution is -2.52. The number of nitrogens with one attached hydrogen (secondary N) is 1. The number of carbonyl (C=O) groups is 1. The van der Waals surface area contributed by atoms with Crippen LogP contribution in [-0.4, -0.2) is 55.1 Å². The van der Waals surface area contributed by atoms with Gasteiger partial charge < -0.3 is 15.0 Å². The summed E-state index contributed by atoms with van der Waals surface area (Å²) < 4.78 is 5.28. The Labute approximate surface area is 174 Å². The maximum atomic E-state index is 12.7. The van der Waals surface area contributed by atoms with E-state index in [9.17, 15) is 14.9 Å². The molecule has 9 heteroatoms. The average molecular weight is 419 g/mol. The smallest absolute Gasteiger partial charge is 0.269 e. The SMILES string of the molecule is COc1ccc(Cl)cc1NC(=O)[C@@H](C)N1CCN(c2ccc([N+](=O)[O-])cc2)CC1. The number of hydrogen-bond donors (Lipinski definition) is 1. The molecular formula is C20H23ClN4O4. The van der Waals surface area contributed by atoms with E-state index in [2.05, 4.69) is 15.1 Å². The van der Waals surface area contributed by atoms with Crippen LogP contribution < -0.4 is 15.0 Å². The summed E-state index contributed by atoms with van der Waals surface area (Å²) in [5.41, 5.74) is 1.56. The summed E-state index contributed by atoms with van der Waals surface area (Å²) in [6.07, 6.45) is 0. The summed E-state index contributed by atoms with van der Waals surface area (Å²) in [7, 11) is 1.54. The fraction of sp³-hybridized carbons (Fsp3) is 0.350. The molecule has 0 bridgehead atoms. The molecule has 0 aliphatic carbocycles. The topological polar surface area (TPSA) is 88.0 Å². The molecule has 3 rings (SSSR count). The molecule has 0 unspecified atom stereocenters. The molecule has 29 heavy (non-hydrogen) atoms. The summed E-state index contributed by atoms with van der Waals surface area (Å²) in [5, 5.41) is 14.2. The molecule has 8 nitrogen and oxygen atoms in total. The van der Waals surface area contributed by atoms with Gasteiger partial charge in [0.15, 0.2) is 0 Å². The quantitative estimate of drug-likeness (QED) is 0.571. The van der Waals surface area contributed by atoms with Gasteiger partial charge in [0.05, 0.1) is 23.8 Å². The van der Waals surface area contributed by atoms with Gasteiger partial charge in [0.25, 0.3) is 5.69 Å². The number of nitrogens with zero attached hydrogens (tertiary/aromatic N) is 3. The number of methoxy groups -OCH3 is 1. The van der Waals surface area contributed by atoms with Crippen molar-refractivity contribution in [2.24, 2.45) is 0 Å². The molecule has 1 amide bonds. The lowest BCUT2D eigenvalue weighted by Gasteiger charge is -2.38. The predicted molar refractivity (Wildman–Crippen MR) is 113 cm³/mol. The van der Waals surface area contributed by atoms with E-state index in [0.717, 1.165) is 18.8 Å². The highest BCUT2D eigenvalue weighted by atomic mass is 35.5. The Hall–Kier alpha value is -2.84. The zero-order chi connectivity index (χ0) is 21.0. The molecule has 1 aliphatic rings. The molecule has 1 fully saturated rings. The first-order valence-electron chi connectivity index (χ1n) is 9.27. The van der Waals surface area contributed by atoms with Crippen LogP contribution in [0.1, 0.15) is 6.92 Å². The minimum absolute atomic E-state index is 0.0779. The first-order chi connectivity index (χ1) is 13.9. The molecule has 2 aromatic rings. The third-order valence-electron chi connectivity index (χ3n) is 5.09. The summed E-state index contributed by atoms with van der Waals surface area (Å²) in [6, 6.07) is 11.3. The van der Waals surface area contributed by atoms with Crippen LogP contribution in [0.2, 0.25) is 5.02 Å². The van der Waals surface area contributed by atoms with E-state index < -0.39 is 4.92 Å². The van der Waals surface area contributed by atoms with Gasteiger partial charge in [0.2, 0.25) is 5.91 Å². The summed E-state index contributed by atoms with van der Waals surface area (Å²) in [4.78, 5) is 27.4. The van der Waals surface area contributed by atoms with Crippen molar-refractivity contribution in [3.8, 4) is 5.75 Å². The standard InChI is InChI=1S/C20H23ClN4O4/c1-14(20(26)22-18-13-15(21)3-8-19(18)29-2)23-9-11-24(12-10-23)16-4-6-17(7-5-16)25(27)28/h3-8,13-14H,9-12H2,1-2H3,(H,22,26)/t14-/m1/s1. The van der Waals surface area contributed by atoms with E-state index in [4.69, 9.17) is 16.3 Å². The largest absolute Gasteiger partial charge is 0.495 e. The second-order valence-corrected chi connectivity index (χ2v) is 7.24. The monoisotopic (exact) mass is 418 g/mol. The zero-order valence-electron chi connectivity index (χ0n) is 16.3. The van der Waals surface area contributed by atoms with Crippen LogP contribution in [0.4, 0.5) is 17.1 Å². The normalized spacial score (nSPS) is 15.6. The molecule has 0 radical (unpaired) electrons. The molecule has 1 heterocycles. The van der Waals surface area contributed by atoms with E-state index >= 15 is 0 Å². The minimum Gasteiger partial charge on any atom is -0.495 e. The molecule has 0 spiro atoms. The lowest BCUT2D eigenvalue weighted by molar-refractivity contribution is -0.384. The average Bonchev–Trinajstić information content (AvgIpc) is 2.73. The number of nitro groups is 1. The fourth-order valence-corrected chi connectivity index (χ4v) is 3.51. The van der Waals surface area contributed by atoms with Crippen LogP contribution in [0.3, 0.4) is 0 Å². The number of piperazine rings is 1. The Kier molecular flexibility index (Phi) is 6.56. The molecule has 2 aromatic carbocycles. The highest BCUT2D eigenvalue weighted by Crippen LogP contribution is 2.28. The highest BCUT2D eigenvalue weighted by molar-refractivity contribution is 6.31. The molecule has 1 saturated heterocycles. The molecule has 1 atom stereocenters. The van der Waals surface area contributed by atoms with Crippen LogP contribution >= 0.6 is 11.6 Å². The van der Waals surface area contributed by atoms with Crippen molar-refractivity contribution in [3.63, 3.8) is 0 Å². The van der Waals surface area contributed by atoms with Crippen LogP contribution in [0.15, 0.2) is 42.5 Å². The number of hydrogen-bond acceptors (Lipinski definition) is 6. The van der Waals surface area contributed by atoms with E-state index in [-0.39, 0.29) is 17.6 Å². The highest BCUT2D eigenvalue weighted by Gasteiger charge is 2.26. The van der Waals surface area contributed by atoms with Crippen molar-refractivity contribution >= 4 is 34.6 Å². The van der Waals surface area contributed by atoms with Crippen LogP contribution in [0.5, 0.6) is 5.75 Å². The molecule has 0 aromatic heterocycles. The van der Waals surface area contributed by atoms with Crippen molar-refractivity contribution in [1.29, 1.82) is 0 Å². The van der Waals surface area contributed by atoms with Crippen molar-refractivity contribution in [2.75, 3.05) is 43.5 Å². The third-order valence-corrected chi connectivity index (χ3v) is 5.32. The summed E-state index contributed by atoms with van der Waals surface area (Å²) in [6.45, 7) is 4.75. The Morgan fingerprint density at radius 1 is 1.17 bits per heavy atom. The molecule has 154 valence electrons. The van der Waals surface area contributed by atoms with Gasteiger partial charge in [0, 0.05) is 49.0 Å². The third kappa shape index (κ3) is 4.96. The van der Waals surface area contributed by atoms with Crippen molar-refractivity contribution in [3.05, 3.63) is 57.6 Å². The second kappa shape index (κ2) is 9.11.